The SMILES string of the molecule is Cl.Cl.NCCCNC(=O)c1cncc(Br)c1. The van der Waals surface area contributed by atoms with Crippen LogP contribution < -0.4 is 11.1 Å². The van der Waals surface area contributed by atoms with E-state index in [2.05, 4.69) is 26.2 Å². The molecule has 0 atom stereocenters. The van der Waals surface area contributed by atoms with Gasteiger partial charge < -0.3 is 11.1 Å². The Morgan fingerprint density at radius 2 is 2.12 bits per heavy atom. The molecule has 1 aromatic heterocycles. The van der Waals surface area contributed by atoms with Gasteiger partial charge in [0.15, 0.2) is 0 Å². The smallest absolute Gasteiger partial charge is 0.252 e. The fourth-order valence-electron chi connectivity index (χ4n) is 0.942. The van der Waals surface area contributed by atoms with Gasteiger partial charge in [0.25, 0.3) is 5.91 Å². The molecule has 0 aliphatic rings. The molecule has 0 unspecified atom stereocenters. The van der Waals surface area contributed by atoms with E-state index in [0.717, 1.165) is 10.9 Å². The molecule has 0 aliphatic heterocycles. The minimum absolute atomic E-state index is 0. The first-order valence-corrected chi connectivity index (χ1v) is 5.12. The van der Waals surface area contributed by atoms with Crippen LogP contribution in [0.1, 0.15) is 16.8 Å². The largest absolute Gasteiger partial charge is 0.352 e. The predicted octanol–water partition coefficient (Wildman–Crippen LogP) is 1.77. The topological polar surface area (TPSA) is 68.0 Å². The van der Waals surface area contributed by atoms with E-state index >= 15 is 0 Å². The molecule has 0 bridgehead atoms. The van der Waals surface area contributed by atoms with Gasteiger partial charge in [-0.3, -0.25) is 9.78 Å². The molecule has 0 spiro atoms. The Morgan fingerprint density at radius 1 is 1.44 bits per heavy atom. The molecule has 1 heterocycles. The summed E-state index contributed by atoms with van der Waals surface area (Å²) < 4.78 is 0.795. The van der Waals surface area contributed by atoms with E-state index in [1.807, 2.05) is 0 Å². The maximum absolute atomic E-state index is 11.5. The standard InChI is InChI=1S/C9H12BrN3O.2ClH/c10-8-4-7(5-12-6-8)9(14)13-3-1-2-11;;/h4-6H,1-3,11H2,(H,13,14);2*1H. The van der Waals surface area contributed by atoms with E-state index in [1.54, 1.807) is 12.3 Å². The van der Waals surface area contributed by atoms with Gasteiger partial charge in [0.2, 0.25) is 0 Å². The van der Waals surface area contributed by atoms with E-state index in [1.165, 1.54) is 6.20 Å². The Kier molecular flexibility index (Phi) is 11.1. The number of carbonyl (C=O) groups excluding carboxylic acids is 1. The Morgan fingerprint density at radius 3 is 2.69 bits per heavy atom. The number of aromatic nitrogens is 1. The number of carbonyl (C=O) groups is 1. The number of hydrogen-bond donors (Lipinski definition) is 2. The fourth-order valence-corrected chi connectivity index (χ4v) is 1.31. The Hall–Kier alpha value is -0.360. The summed E-state index contributed by atoms with van der Waals surface area (Å²) >= 11 is 3.25. The number of rotatable bonds is 4. The van der Waals surface area contributed by atoms with Gasteiger partial charge in [-0.2, -0.15) is 0 Å². The second kappa shape index (κ2) is 9.84. The van der Waals surface area contributed by atoms with Crippen molar-refractivity contribution in [1.82, 2.24) is 10.3 Å². The van der Waals surface area contributed by atoms with Crippen molar-refractivity contribution in [3.8, 4) is 0 Å². The van der Waals surface area contributed by atoms with Gasteiger partial charge in [-0.15, -0.1) is 24.8 Å². The Labute approximate surface area is 115 Å². The van der Waals surface area contributed by atoms with Crippen molar-refractivity contribution >= 4 is 46.7 Å². The second-order valence-electron chi connectivity index (χ2n) is 2.79. The van der Waals surface area contributed by atoms with Crippen LogP contribution in [0.25, 0.3) is 0 Å². The van der Waals surface area contributed by atoms with Crippen molar-refractivity contribution in [1.29, 1.82) is 0 Å². The molecule has 0 fully saturated rings. The maximum Gasteiger partial charge on any atom is 0.252 e. The number of nitrogens with one attached hydrogen (secondary N) is 1. The molecular weight excluding hydrogens is 317 g/mol. The molecular formula is C9H14BrCl2N3O. The van der Waals surface area contributed by atoms with Gasteiger partial charge in [0, 0.05) is 23.4 Å². The normalized spacial score (nSPS) is 8.62. The summed E-state index contributed by atoms with van der Waals surface area (Å²) in [6, 6.07) is 1.73. The van der Waals surface area contributed by atoms with Crippen molar-refractivity contribution in [2.45, 2.75) is 6.42 Å². The van der Waals surface area contributed by atoms with Crippen LogP contribution in [0.5, 0.6) is 0 Å². The van der Waals surface area contributed by atoms with Crippen molar-refractivity contribution in [2.75, 3.05) is 13.1 Å². The van der Waals surface area contributed by atoms with Gasteiger partial charge >= 0.3 is 0 Å². The van der Waals surface area contributed by atoms with E-state index in [0.29, 0.717) is 18.7 Å². The molecule has 0 saturated carbocycles. The number of hydrogen-bond acceptors (Lipinski definition) is 3. The molecule has 7 heteroatoms. The summed E-state index contributed by atoms with van der Waals surface area (Å²) in [6.07, 6.45) is 3.95. The summed E-state index contributed by atoms with van der Waals surface area (Å²) in [4.78, 5) is 15.4. The maximum atomic E-state index is 11.5. The fraction of sp³-hybridized carbons (Fsp3) is 0.333. The summed E-state index contributed by atoms with van der Waals surface area (Å²) in [5.74, 6) is -0.118. The lowest BCUT2D eigenvalue weighted by Crippen LogP contribution is -2.26. The minimum atomic E-state index is -0.118. The quantitative estimate of drug-likeness (QED) is 0.827. The summed E-state index contributed by atoms with van der Waals surface area (Å²) in [5.41, 5.74) is 5.86. The lowest BCUT2D eigenvalue weighted by molar-refractivity contribution is 0.0953. The van der Waals surface area contributed by atoms with Crippen LogP contribution in [-0.2, 0) is 0 Å². The molecule has 0 saturated heterocycles. The van der Waals surface area contributed by atoms with Crippen molar-refractivity contribution in [2.24, 2.45) is 5.73 Å². The second-order valence-corrected chi connectivity index (χ2v) is 3.71. The van der Waals surface area contributed by atoms with E-state index in [9.17, 15) is 4.79 Å². The van der Waals surface area contributed by atoms with Crippen LogP contribution in [0.3, 0.4) is 0 Å². The van der Waals surface area contributed by atoms with Gasteiger partial charge in [-0.25, -0.2) is 0 Å². The molecule has 1 amide bonds. The molecule has 1 rings (SSSR count). The first-order chi connectivity index (χ1) is 6.74. The summed E-state index contributed by atoms with van der Waals surface area (Å²) in [6.45, 7) is 1.18. The molecule has 92 valence electrons. The number of halogens is 3. The van der Waals surface area contributed by atoms with Gasteiger partial charge in [0.05, 0.1) is 5.56 Å². The van der Waals surface area contributed by atoms with Crippen LogP contribution in [0, 0.1) is 0 Å². The highest BCUT2D eigenvalue weighted by Crippen LogP contribution is 2.09. The summed E-state index contributed by atoms with van der Waals surface area (Å²) in [5, 5.41) is 2.75. The molecule has 3 N–H and O–H groups in total. The average Bonchev–Trinajstić information content (AvgIpc) is 2.18. The van der Waals surface area contributed by atoms with Crippen LogP contribution in [0.4, 0.5) is 0 Å². The highest BCUT2D eigenvalue weighted by Gasteiger charge is 2.04. The summed E-state index contributed by atoms with van der Waals surface area (Å²) in [7, 11) is 0. The van der Waals surface area contributed by atoms with Crippen LogP contribution in [0.2, 0.25) is 0 Å². The highest BCUT2D eigenvalue weighted by atomic mass is 79.9. The molecule has 0 aromatic carbocycles. The van der Waals surface area contributed by atoms with Crippen LogP contribution in [-0.4, -0.2) is 24.0 Å². The third kappa shape index (κ3) is 6.27. The molecule has 16 heavy (non-hydrogen) atoms. The Balaban J connectivity index is 0. The number of pyridine rings is 1. The zero-order valence-corrected chi connectivity index (χ0v) is 11.7. The third-order valence-corrected chi connectivity index (χ3v) is 2.07. The highest BCUT2D eigenvalue weighted by molar-refractivity contribution is 9.10. The first-order valence-electron chi connectivity index (χ1n) is 4.33. The lowest BCUT2D eigenvalue weighted by atomic mass is 10.2. The molecule has 0 radical (unpaired) electrons. The lowest BCUT2D eigenvalue weighted by Gasteiger charge is -2.03. The zero-order valence-electron chi connectivity index (χ0n) is 8.48. The van der Waals surface area contributed by atoms with Gasteiger partial charge in [0.1, 0.15) is 0 Å². The number of amides is 1. The monoisotopic (exact) mass is 329 g/mol. The van der Waals surface area contributed by atoms with Crippen LogP contribution >= 0.6 is 40.7 Å². The Bertz CT molecular complexity index is 325. The third-order valence-electron chi connectivity index (χ3n) is 1.63. The molecule has 4 nitrogen and oxygen atoms in total. The van der Waals surface area contributed by atoms with Crippen molar-refractivity contribution in [3.63, 3.8) is 0 Å². The van der Waals surface area contributed by atoms with Crippen molar-refractivity contribution < 1.29 is 4.79 Å². The predicted molar refractivity (Wildman–Crippen MR) is 72.4 cm³/mol. The van der Waals surface area contributed by atoms with Gasteiger partial charge in [-0.05, 0) is 35.0 Å². The molecule has 0 aliphatic carbocycles. The minimum Gasteiger partial charge on any atom is -0.352 e. The van der Waals surface area contributed by atoms with Gasteiger partial charge in [-0.1, -0.05) is 0 Å². The molecule has 1 aromatic rings. The number of nitrogens with zero attached hydrogens (tertiary/aromatic N) is 1. The van der Waals surface area contributed by atoms with E-state index < -0.39 is 0 Å². The number of nitrogens with two attached hydrogens (primary N) is 1. The van der Waals surface area contributed by atoms with E-state index in [4.69, 9.17) is 5.73 Å². The van der Waals surface area contributed by atoms with Crippen molar-refractivity contribution in [3.05, 3.63) is 28.5 Å². The zero-order chi connectivity index (χ0) is 10.4. The van der Waals surface area contributed by atoms with E-state index in [-0.39, 0.29) is 30.7 Å². The first kappa shape index (κ1) is 18.0. The average molecular weight is 331 g/mol. The van der Waals surface area contributed by atoms with Crippen LogP contribution in [0.15, 0.2) is 22.9 Å².